The maximum Gasteiger partial charge on any atom is 0.343 e. The minimum Gasteiger partial charge on any atom is -0.494 e. The molecule has 0 fully saturated rings. The second kappa shape index (κ2) is 19.5. The average molecular weight is 629 g/mol. The highest BCUT2D eigenvalue weighted by Gasteiger charge is 2.20. The normalized spacial score (nSPS) is 10.8. The van der Waals surface area contributed by atoms with E-state index in [1.54, 1.807) is 24.3 Å². The fourth-order valence-electron chi connectivity index (χ4n) is 4.82. The standard InChI is InChI=1S/C37H41F5O3/c1-2-3-4-5-6-7-8-9-10-11-12-13-14-15-22-44-30-20-18-27(19-21-30)16-17-28-23-33(40)36(34(41)24-28)45-37(43)29-25-31(38)35(42)32(39)26-29/h18-21,23-26H,2-15,22H2,1H3. The summed E-state index contributed by atoms with van der Waals surface area (Å²) in [5.74, 6) is -3.94. The van der Waals surface area contributed by atoms with Gasteiger partial charge in [0.05, 0.1) is 12.2 Å². The highest BCUT2D eigenvalue weighted by Crippen LogP contribution is 2.25. The lowest BCUT2D eigenvalue weighted by atomic mass is 10.0. The molecule has 3 aromatic rings. The molecule has 0 spiro atoms. The number of halogens is 5. The van der Waals surface area contributed by atoms with E-state index in [9.17, 15) is 26.7 Å². The van der Waals surface area contributed by atoms with Gasteiger partial charge >= 0.3 is 5.97 Å². The first-order valence-electron chi connectivity index (χ1n) is 15.9. The molecule has 0 aromatic heterocycles. The molecule has 0 bridgehead atoms. The Morgan fingerprint density at radius 1 is 0.600 bits per heavy atom. The van der Waals surface area contributed by atoms with Gasteiger partial charge < -0.3 is 9.47 Å². The molecular weight excluding hydrogens is 587 g/mol. The van der Waals surface area contributed by atoms with Crippen LogP contribution in [0.4, 0.5) is 22.0 Å². The highest BCUT2D eigenvalue weighted by molar-refractivity contribution is 5.91. The number of hydrogen-bond donors (Lipinski definition) is 0. The molecule has 242 valence electrons. The van der Waals surface area contributed by atoms with Gasteiger partial charge in [-0.3, -0.25) is 0 Å². The van der Waals surface area contributed by atoms with Gasteiger partial charge in [-0.05, 0) is 55.0 Å². The summed E-state index contributed by atoms with van der Waals surface area (Å²) in [4.78, 5) is 12.1. The van der Waals surface area contributed by atoms with Gasteiger partial charge in [0.1, 0.15) is 5.75 Å². The van der Waals surface area contributed by atoms with E-state index in [0.29, 0.717) is 30.1 Å². The molecule has 0 saturated carbocycles. The number of rotatable bonds is 18. The summed E-state index contributed by atoms with van der Waals surface area (Å²) in [5, 5.41) is 0. The quantitative estimate of drug-likeness (QED) is 0.0351. The summed E-state index contributed by atoms with van der Waals surface area (Å²) in [6.07, 6.45) is 18.2. The predicted octanol–water partition coefficient (Wildman–Crippen LogP) is 10.9. The van der Waals surface area contributed by atoms with Crippen LogP contribution >= 0.6 is 0 Å². The van der Waals surface area contributed by atoms with Crippen molar-refractivity contribution in [2.24, 2.45) is 0 Å². The molecule has 3 rings (SSSR count). The van der Waals surface area contributed by atoms with Gasteiger partial charge in [0.15, 0.2) is 29.1 Å². The fourth-order valence-corrected chi connectivity index (χ4v) is 4.82. The number of carbonyl (C=O) groups excluding carboxylic acids is 1. The van der Waals surface area contributed by atoms with Crippen LogP contribution in [0.15, 0.2) is 48.5 Å². The molecular formula is C37H41F5O3. The van der Waals surface area contributed by atoms with Gasteiger partial charge in [-0.2, -0.15) is 0 Å². The third-order valence-corrected chi connectivity index (χ3v) is 7.38. The topological polar surface area (TPSA) is 35.5 Å². The van der Waals surface area contributed by atoms with Gasteiger partial charge in [-0.15, -0.1) is 0 Å². The minimum absolute atomic E-state index is 0.0261. The summed E-state index contributed by atoms with van der Waals surface area (Å²) >= 11 is 0. The molecule has 0 aliphatic rings. The van der Waals surface area contributed by atoms with Crippen molar-refractivity contribution in [3.8, 4) is 23.3 Å². The fraction of sp³-hybridized carbons (Fsp3) is 0.432. The van der Waals surface area contributed by atoms with E-state index < -0.39 is 46.4 Å². The zero-order valence-corrected chi connectivity index (χ0v) is 25.8. The molecule has 0 aliphatic carbocycles. The minimum atomic E-state index is -1.78. The third kappa shape index (κ3) is 12.6. The second-order valence-corrected chi connectivity index (χ2v) is 11.1. The Balaban J connectivity index is 1.35. The Hall–Kier alpha value is -3.86. The van der Waals surface area contributed by atoms with Crippen LogP contribution in [0.1, 0.15) is 118 Å². The lowest BCUT2D eigenvalue weighted by Gasteiger charge is -2.08. The van der Waals surface area contributed by atoms with Crippen molar-refractivity contribution < 1.29 is 36.2 Å². The van der Waals surface area contributed by atoms with Crippen LogP contribution in [0.5, 0.6) is 11.5 Å². The zero-order valence-electron chi connectivity index (χ0n) is 25.8. The van der Waals surface area contributed by atoms with Crippen LogP contribution in [0.3, 0.4) is 0 Å². The van der Waals surface area contributed by atoms with Crippen molar-refractivity contribution in [1.82, 2.24) is 0 Å². The largest absolute Gasteiger partial charge is 0.494 e. The predicted molar refractivity (Wildman–Crippen MR) is 166 cm³/mol. The number of unbranched alkanes of at least 4 members (excludes halogenated alkanes) is 13. The zero-order chi connectivity index (χ0) is 32.4. The van der Waals surface area contributed by atoms with Crippen molar-refractivity contribution in [3.05, 3.63) is 94.3 Å². The molecule has 0 amide bonds. The summed E-state index contributed by atoms with van der Waals surface area (Å²) in [6, 6.07) is 9.48. The molecule has 0 atom stereocenters. The number of benzene rings is 3. The molecule has 0 radical (unpaired) electrons. The lowest BCUT2D eigenvalue weighted by molar-refractivity contribution is 0.0718. The van der Waals surface area contributed by atoms with Gasteiger partial charge in [0.2, 0.25) is 5.75 Å². The number of ether oxygens (including phenoxy) is 2. The Morgan fingerprint density at radius 3 is 1.58 bits per heavy atom. The van der Waals surface area contributed by atoms with Crippen molar-refractivity contribution >= 4 is 5.97 Å². The maximum atomic E-state index is 14.5. The monoisotopic (exact) mass is 628 g/mol. The van der Waals surface area contributed by atoms with Gasteiger partial charge in [0, 0.05) is 11.1 Å². The van der Waals surface area contributed by atoms with Gasteiger partial charge in [-0.1, -0.05) is 102 Å². The smallest absolute Gasteiger partial charge is 0.343 e. The second-order valence-electron chi connectivity index (χ2n) is 11.1. The average Bonchev–Trinajstić information content (AvgIpc) is 3.02. The van der Waals surface area contributed by atoms with E-state index in [0.717, 1.165) is 25.0 Å². The lowest BCUT2D eigenvalue weighted by Crippen LogP contribution is -2.12. The molecule has 0 saturated heterocycles. The Labute approximate surface area is 263 Å². The Bertz CT molecular complexity index is 1380. The molecule has 0 heterocycles. The number of hydrogen-bond acceptors (Lipinski definition) is 3. The third-order valence-electron chi connectivity index (χ3n) is 7.38. The SMILES string of the molecule is CCCCCCCCCCCCCCCCOc1ccc(C#Cc2cc(F)c(OC(=O)c3cc(F)c(F)c(F)c3)c(F)c2)cc1. The van der Waals surface area contributed by atoms with Gasteiger partial charge in [0.25, 0.3) is 0 Å². The summed E-state index contributed by atoms with van der Waals surface area (Å²) in [5.41, 5.74) is -0.182. The molecule has 3 nitrogen and oxygen atoms in total. The van der Waals surface area contributed by atoms with Crippen LogP contribution in [0.25, 0.3) is 0 Å². The summed E-state index contributed by atoms with van der Waals surface area (Å²) < 4.78 is 79.3. The van der Waals surface area contributed by atoms with Crippen molar-refractivity contribution in [2.75, 3.05) is 6.61 Å². The van der Waals surface area contributed by atoms with Crippen molar-refractivity contribution in [2.45, 2.75) is 96.8 Å². The van der Waals surface area contributed by atoms with Crippen LogP contribution in [-0.4, -0.2) is 12.6 Å². The van der Waals surface area contributed by atoms with E-state index in [2.05, 4.69) is 23.5 Å². The van der Waals surface area contributed by atoms with E-state index >= 15 is 0 Å². The van der Waals surface area contributed by atoms with Crippen LogP contribution in [-0.2, 0) is 0 Å². The molecule has 0 N–H and O–H groups in total. The summed E-state index contributed by atoms with van der Waals surface area (Å²) in [6.45, 7) is 2.88. The summed E-state index contributed by atoms with van der Waals surface area (Å²) in [7, 11) is 0. The van der Waals surface area contributed by atoms with Crippen molar-refractivity contribution in [1.29, 1.82) is 0 Å². The maximum absolute atomic E-state index is 14.5. The number of esters is 1. The van der Waals surface area contributed by atoms with Gasteiger partial charge in [-0.25, -0.2) is 26.7 Å². The highest BCUT2D eigenvalue weighted by atomic mass is 19.2. The molecule has 3 aromatic carbocycles. The van der Waals surface area contributed by atoms with Crippen LogP contribution in [0, 0.1) is 40.9 Å². The molecule has 45 heavy (non-hydrogen) atoms. The first kappa shape index (κ1) is 35.6. The van der Waals surface area contributed by atoms with Crippen LogP contribution in [0.2, 0.25) is 0 Å². The van der Waals surface area contributed by atoms with E-state index in [4.69, 9.17) is 4.74 Å². The molecule has 0 aliphatic heterocycles. The first-order valence-corrected chi connectivity index (χ1v) is 15.9. The van der Waals surface area contributed by atoms with E-state index in [-0.39, 0.29) is 5.56 Å². The Kier molecular flexibility index (Phi) is 15.4. The molecule has 0 unspecified atom stereocenters. The molecule has 8 heteroatoms. The van der Waals surface area contributed by atoms with E-state index in [1.807, 2.05) is 0 Å². The van der Waals surface area contributed by atoms with Crippen molar-refractivity contribution in [3.63, 3.8) is 0 Å². The Morgan fingerprint density at radius 2 is 1.07 bits per heavy atom. The number of carbonyl (C=O) groups is 1. The van der Waals surface area contributed by atoms with E-state index in [1.165, 1.54) is 77.0 Å². The van der Waals surface area contributed by atoms with Crippen LogP contribution < -0.4 is 9.47 Å². The first-order chi connectivity index (χ1) is 21.8.